The van der Waals surface area contributed by atoms with Gasteiger partial charge >= 0.3 is 0 Å². The molecule has 2 aromatic carbocycles. The van der Waals surface area contributed by atoms with E-state index in [-0.39, 0.29) is 5.69 Å². The van der Waals surface area contributed by atoms with Crippen LogP contribution in [0.25, 0.3) is 0 Å². The first-order valence-corrected chi connectivity index (χ1v) is 7.31. The normalized spacial score (nSPS) is 10.4. The predicted molar refractivity (Wildman–Crippen MR) is 90.8 cm³/mol. The number of nitrogens with zero attached hydrogens (tertiary/aromatic N) is 2. The Morgan fingerprint density at radius 2 is 1.78 bits per heavy atom. The summed E-state index contributed by atoms with van der Waals surface area (Å²) in [6.45, 7) is 5.95. The van der Waals surface area contributed by atoms with Gasteiger partial charge in [0.2, 0.25) is 0 Å². The Bertz CT molecular complexity index is 700. The minimum Gasteiger partial charge on any atom is -0.391 e. The lowest BCUT2D eigenvalue weighted by atomic mass is 10.2. The molecule has 122 valence electrons. The molecule has 7 heteroatoms. The van der Waals surface area contributed by atoms with Crippen LogP contribution in [0, 0.1) is 15.9 Å². The van der Waals surface area contributed by atoms with E-state index < -0.39 is 22.1 Å². The van der Waals surface area contributed by atoms with E-state index in [2.05, 4.69) is 24.1 Å². The molecule has 2 aromatic rings. The second-order valence-corrected chi connectivity index (χ2v) is 4.99. The molecule has 0 atom stereocenters. The smallest absolute Gasteiger partial charge is 0.297 e. The van der Waals surface area contributed by atoms with Gasteiger partial charge in [-0.05, 0) is 44.2 Å². The first kappa shape index (κ1) is 16.5. The average molecular weight is 318 g/mol. The maximum Gasteiger partial charge on any atom is 0.297 e. The number of rotatable bonds is 6. The zero-order valence-corrected chi connectivity index (χ0v) is 13.0. The monoisotopic (exact) mass is 318 g/mol. The second-order valence-electron chi connectivity index (χ2n) is 4.99. The number of anilines is 4. The van der Waals surface area contributed by atoms with Gasteiger partial charge in [-0.25, -0.2) is 4.39 Å². The highest BCUT2D eigenvalue weighted by Gasteiger charge is 2.17. The molecule has 0 heterocycles. The van der Waals surface area contributed by atoms with Crippen LogP contribution in [0.1, 0.15) is 13.8 Å². The Morgan fingerprint density at radius 1 is 1.17 bits per heavy atom. The number of nitro groups is 1. The molecule has 2 rings (SSSR count). The van der Waals surface area contributed by atoms with Crippen LogP contribution in [-0.4, -0.2) is 18.0 Å². The van der Waals surface area contributed by atoms with Crippen LogP contribution in [0.5, 0.6) is 0 Å². The lowest BCUT2D eigenvalue weighted by Gasteiger charge is -2.21. The highest BCUT2D eigenvalue weighted by molar-refractivity contribution is 5.71. The van der Waals surface area contributed by atoms with Crippen LogP contribution in [0.4, 0.5) is 32.8 Å². The molecular formula is C16H19FN4O2. The Hall–Kier alpha value is -2.83. The largest absolute Gasteiger partial charge is 0.391 e. The SMILES string of the molecule is CCN(CC)c1ccc(Nc2cc(F)c(N)c([N+](=O)[O-])c2)cc1. The molecule has 0 fully saturated rings. The molecule has 0 radical (unpaired) electrons. The van der Waals surface area contributed by atoms with Gasteiger partial charge in [-0.2, -0.15) is 0 Å². The van der Waals surface area contributed by atoms with Crippen LogP contribution < -0.4 is 16.0 Å². The van der Waals surface area contributed by atoms with Crippen molar-refractivity contribution in [2.24, 2.45) is 0 Å². The molecule has 6 nitrogen and oxygen atoms in total. The molecule has 0 aliphatic rings. The van der Waals surface area contributed by atoms with Gasteiger partial charge in [0.1, 0.15) is 5.69 Å². The molecule has 0 bridgehead atoms. The first-order valence-electron chi connectivity index (χ1n) is 7.31. The molecular weight excluding hydrogens is 299 g/mol. The third-order valence-electron chi connectivity index (χ3n) is 3.59. The zero-order chi connectivity index (χ0) is 17.0. The van der Waals surface area contributed by atoms with Gasteiger partial charge in [0.15, 0.2) is 5.82 Å². The molecule has 23 heavy (non-hydrogen) atoms. The number of hydrogen-bond acceptors (Lipinski definition) is 5. The van der Waals surface area contributed by atoms with E-state index >= 15 is 0 Å². The standard InChI is InChI=1S/C16H19FN4O2/c1-3-20(4-2)13-7-5-11(6-8-13)19-12-9-14(17)16(18)15(10-12)21(22)23/h5-10,19H,3-4,18H2,1-2H3. The third-order valence-corrected chi connectivity index (χ3v) is 3.59. The van der Waals surface area contributed by atoms with Crippen molar-refractivity contribution in [2.45, 2.75) is 13.8 Å². The van der Waals surface area contributed by atoms with Gasteiger partial charge in [-0.15, -0.1) is 0 Å². The van der Waals surface area contributed by atoms with Crippen LogP contribution in [-0.2, 0) is 0 Å². The summed E-state index contributed by atoms with van der Waals surface area (Å²) in [5, 5.41) is 13.8. The minimum absolute atomic E-state index is 0.277. The highest BCUT2D eigenvalue weighted by atomic mass is 19.1. The summed E-state index contributed by atoms with van der Waals surface area (Å²) in [5.74, 6) is -0.818. The third kappa shape index (κ3) is 3.68. The summed E-state index contributed by atoms with van der Waals surface area (Å²) >= 11 is 0. The topological polar surface area (TPSA) is 84.4 Å². The molecule has 0 aliphatic heterocycles. The molecule has 0 aromatic heterocycles. The van der Waals surface area contributed by atoms with Gasteiger partial charge in [0, 0.05) is 36.2 Å². The number of nitrogens with two attached hydrogens (primary N) is 1. The lowest BCUT2D eigenvalue weighted by molar-refractivity contribution is -0.384. The number of benzene rings is 2. The minimum atomic E-state index is -0.818. The Balaban J connectivity index is 2.24. The van der Waals surface area contributed by atoms with Crippen LogP contribution >= 0.6 is 0 Å². The van der Waals surface area contributed by atoms with Crippen LogP contribution in [0.3, 0.4) is 0 Å². The van der Waals surface area contributed by atoms with Gasteiger partial charge < -0.3 is 16.0 Å². The van der Waals surface area contributed by atoms with E-state index in [4.69, 9.17) is 5.73 Å². The van der Waals surface area contributed by atoms with Crippen molar-refractivity contribution in [1.82, 2.24) is 0 Å². The average Bonchev–Trinajstić information content (AvgIpc) is 2.53. The number of nitrogens with one attached hydrogen (secondary N) is 1. The van der Waals surface area contributed by atoms with Crippen molar-refractivity contribution in [3.63, 3.8) is 0 Å². The molecule has 0 aliphatic carbocycles. The van der Waals surface area contributed by atoms with Gasteiger partial charge in [0.05, 0.1) is 4.92 Å². The van der Waals surface area contributed by atoms with Crippen molar-refractivity contribution in [1.29, 1.82) is 0 Å². The fourth-order valence-corrected chi connectivity index (χ4v) is 2.34. The van der Waals surface area contributed by atoms with E-state index in [9.17, 15) is 14.5 Å². The predicted octanol–water partition coefficient (Wildman–Crippen LogP) is 3.91. The fraction of sp³-hybridized carbons (Fsp3) is 0.250. The summed E-state index contributed by atoms with van der Waals surface area (Å²) in [5.41, 5.74) is 6.53. The van der Waals surface area contributed by atoms with E-state index in [1.165, 1.54) is 6.07 Å². The Morgan fingerprint density at radius 3 is 2.30 bits per heavy atom. The van der Waals surface area contributed by atoms with Gasteiger partial charge in [-0.1, -0.05) is 0 Å². The van der Waals surface area contributed by atoms with Crippen molar-refractivity contribution in [2.75, 3.05) is 29.0 Å². The van der Waals surface area contributed by atoms with Crippen molar-refractivity contribution in [3.8, 4) is 0 Å². The summed E-state index contributed by atoms with van der Waals surface area (Å²) in [4.78, 5) is 12.4. The highest BCUT2D eigenvalue weighted by Crippen LogP contribution is 2.30. The van der Waals surface area contributed by atoms with E-state index in [0.29, 0.717) is 5.69 Å². The second kappa shape index (κ2) is 6.95. The zero-order valence-electron chi connectivity index (χ0n) is 13.0. The van der Waals surface area contributed by atoms with Crippen molar-refractivity contribution in [3.05, 3.63) is 52.3 Å². The molecule has 0 amide bonds. The fourth-order valence-electron chi connectivity index (χ4n) is 2.34. The van der Waals surface area contributed by atoms with Crippen molar-refractivity contribution >= 4 is 28.4 Å². The molecule has 0 saturated carbocycles. The number of halogens is 1. The summed E-state index contributed by atoms with van der Waals surface area (Å²) in [6.07, 6.45) is 0. The molecule has 0 unspecified atom stereocenters. The van der Waals surface area contributed by atoms with Crippen LogP contribution in [0.15, 0.2) is 36.4 Å². The Labute approximate surface area is 133 Å². The van der Waals surface area contributed by atoms with E-state index in [1.807, 2.05) is 24.3 Å². The van der Waals surface area contributed by atoms with Gasteiger partial charge in [-0.3, -0.25) is 10.1 Å². The van der Waals surface area contributed by atoms with E-state index in [0.717, 1.165) is 24.8 Å². The van der Waals surface area contributed by atoms with Crippen molar-refractivity contribution < 1.29 is 9.31 Å². The summed E-state index contributed by atoms with van der Waals surface area (Å²) in [7, 11) is 0. The number of nitrogen functional groups attached to an aromatic ring is 1. The first-order chi connectivity index (χ1) is 11.0. The molecule has 3 N–H and O–H groups in total. The van der Waals surface area contributed by atoms with Crippen LogP contribution in [0.2, 0.25) is 0 Å². The molecule has 0 spiro atoms. The summed E-state index contributed by atoms with van der Waals surface area (Å²) < 4.78 is 13.7. The Kier molecular flexibility index (Phi) is 5.00. The van der Waals surface area contributed by atoms with E-state index in [1.54, 1.807) is 0 Å². The van der Waals surface area contributed by atoms with Gasteiger partial charge in [0.25, 0.3) is 5.69 Å². The number of hydrogen-bond donors (Lipinski definition) is 2. The quantitative estimate of drug-likeness (QED) is 0.479. The summed E-state index contributed by atoms with van der Waals surface area (Å²) in [6, 6.07) is 9.92. The molecule has 0 saturated heterocycles. The maximum absolute atomic E-state index is 13.7. The maximum atomic E-state index is 13.7. The lowest BCUT2D eigenvalue weighted by Crippen LogP contribution is -2.21. The number of nitro benzene ring substituents is 1.